The van der Waals surface area contributed by atoms with Crippen molar-refractivity contribution in [2.24, 2.45) is 0 Å². The summed E-state index contributed by atoms with van der Waals surface area (Å²) < 4.78 is 19.2. The minimum atomic E-state index is -0.257. The summed E-state index contributed by atoms with van der Waals surface area (Å²) in [7, 11) is 0. The highest BCUT2D eigenvalue weighted by Crippen LogP contribution is 2.38. The van der Waals surface area contributed by atoms with Crippen molar-refractivity contribution >= 4 is 33.1 Å². The summed E-state index contributed by atoms with van der Waals surface area (Å²) in [6.45, 7) is 3.98. The third-order valence-electron chi connectivity index (χ3n) is 4.03. The standard InChI is InChI=1S/C21H18FN3OS/c1-13(2)26-18-6-4-3-5-17(18)25-20-19-16(11-27-21(19)24-12-23-20)14-7-9-15(22)10-8-14/h3-13H,1-2H3,(H,23,24,25). The molecule has 2 aromatic heterocycles. The van der Waals surface area contributed by atoms with Crippen LogP contribution in [0.1, 0.15) is 13.8 Å². The van der Waals surface area contributed by atoms with E-state index in [4.69, 9.17) is 4.74 Å². The number of anilines is 2. The molecule has 0 aliphatic carbocycles. The van der Waals surface area contributed by atoms with Gasteiger partial charge in [-0.2, -0.15) is 0 Å². The minimum absolute atomic E-state index is 0.0642. The van der Waals surface area contributed by atoms with Crippen molar-refractivity contribution < 1.29 is 9.13 Å². The lowest BCUT2D eigenvalue weighted by Gasteiger charge is -2.15. The zero-order chi connectivity index (χ0) is 18.8. The fraction of sp³-hybridized carbons (Fsp3) is 0.143. The average Bonchev–Trinajstić information content (AvgIpc) is 3.09. The van der Waals surface area contributed by atoms with Crippen LogP contribution in [0.25, 0.3) is 21.3 Å². The topological polar surface area (TPSA) is 47.0 Å². The summed E-state index contributed by atoms with van der Waals surface area (Å²) >= 11 is 1.54. The van der Waals surface area contributed by atoms with E-state index in [0.29, 0.717) is 5.82 Å². The summed E-state index contributed by atoms with van der Waals surface area (Å²) in [6, 6.07) is 14.2. The molecule has 2 heterocycles. The average molecular weight is 379 g/mol. The molecule has 0 aliphatic rings. The molecule has 0 saturated heterocycles. The highest BCUT2D eigenvalue weighted by atomic mass is 32.1. The molecule has 0 fully saturated rings. The molecule has 0 aliphatic heterocycles. The summed E-state index contributed by atoms with van der Waals surface area (Å²) in [5, 5.41) is 6.32. The maximum absolute atomic E-state index is 13.3. The second-order valence-corrected chi connectivity index (χ2v) is 7.20. The van der Waals surface area contributed by atoms with Gasteiger partial charge in [-0.3, -0.25) is 0 Å². The molecule has 0 radical (unpaired) electrons. The van der Waals surface area contributed by atoms with Gasteiger partial charge in [0.05, 0.1) is 17.2 Å². The lowest BCUT2D eigenvalue weighted by molar-refractivity contribution is 0.244. The van der Waals surface area contributed by atoms with E-state index in [1.54, 1.807) is 18.5 Å². The number of thiophene rings is 1. The smallest absolute Gasteiger partial charge is 0.143 e. The van der Waals surface area contributed by atoms with Crippen LogP contribution in [0, 0.1) is 5.82 Å². The van der Waals surface area contributed by atoms with E-state index in [9.17, 15) is 4.39 Å². The number of nitrogens with one attached hydrogen (secondary N) is 1. The summed E-state index contributed by atoms with van der Waals surface area (Å²) in [5.74, 6) is 1.20. The Balaban J connectivity index is 1.79. The second-order valence-electron chi connectivity index (χ2n) is 6.35. The van der Waals surface area contributed by atoms with E-state index in [2.05, 4.69) is 15.3 Å². The van der Waals surface area contributed by atoms with Crippen LogP contribution in [0.15, 0.2) is 60.2 Å². The van der Waals surface area contributed by atoms with Gasteiger partial charge in [-0.1, -0.05) is 24.3 Å². The number of rotatable bonds is 5. The second kappa shape index (κ2) is 7.32. The van der Waals surface area contributed by atoms with Crippen LogP contribution in [0.3, 0.4) is 0 Å². The molecule has 0 saturated carbocycles. The number of hydrogen-bond donors (Lipinski definition) is 1. The van der Waals surface area contributed by atoms with Crippen LogP contribution in [0.5, 0.6) is 5.75 Å². The molecule has 1 N–H and O–H groups in total. The van der Waals surface area contributed by atoms with Gasteiger partial charge in [-0.05, 0) is 43.7 Å². The first-order valence-electron chi connectivity index (χ1n) is 8.62. The third-order valence-corrected chi connectivity index (χ3v) is 4.91. The normalized spacial score (nSPS) is 11.1. The van der Waals surface area contributed by atoms with Gasteiger partial charge in [-0.15, -0.1) is 11.3 Å². The molecule has 2 aromatic carbocycles. The molecule has 4 nitrogen and oxygen atoms in total. The van der Waals surface area contributed by atoms with Crippen molar-refractivity contribution in [2.45, 2.75) is 20.0 Å². The number of para-hydroxylation sites is 2. The highest BCUT2D eigenvalue weighted by molar-refractivity contribution is 7.17. The van der Waals surface area contributed by atoms with Gasteiger partial charge < -0.3 is 10.1 Å². The van der Waals surface area contributed by atoms with E-state index in [1.165, 1.54) is 23.5 Å². The Morgan fingerprint density at radius 2 is 1.81 bits per heavy atom. The quantitative estimate of drug-likeness (QED) is 0.460. The SMILES string of the molecule is CC(C)Oc1ccccc1Nc1ncnc2scc(-c3ccc(F)cc3)c12. The Morgan fingerprint density at radius 1 is 1.04 bits per heavy atom. The summed E-state index contributed by atoms with van der Waals surface area (Å²) in [5.41, 5.74) is 2.73. The maximum atomic E-state index is 13.3. The molecule has 0 unspecified atom stereocenters. The molecule has 0 atom stereocenters. The van der Waals surface area contributed by atoms with Crippen LogP contribution in [0.4, 0.5) is 15.9 Å². The largest absolute Gasteiger partial charge is 0.489 e. The van der Waals surface area contributed by atoms with Gasteiger partial charge in [0, 0.05) is 10.9 Å². The van der Waals surface area contributed by atoms with Gasteiger partial charge in [0.1, 0.15) is 28.5 Å². The predicted octanol–water partition coefficient (Wildman–Crippen LogP) is 6.03. The zero-order valence-corrected chi connectivity index (χ0v) is 15.8. The van der Waals surface area contributed by atoms with Crippen molar-refractivity contribution in [3.05, 3.63) is 66.1 Å². The molecule has 4 aromatic rings. The fourth-order valence-corrected chi connectivity index (χ4v) is 3.78. The molecule has 0 amide bonds. The number of aromatic nitrogens is 2. The Morgan fingerprint density at radius 3 is 2.59 bits per heavy atom. The van der Waals surface area contributed by atoms with Crippen LogP contribution in [-0.4, -0.2) is 16.1 Å². The monoisotopic (exact) mass is 379 g/mol. The first-order chi connectivity index (χ1) is 13.1. The van der Waals surface area contributed by atoms with Crippen LogP contribution >= 0.6 is 11.3 Å². The van der Waals surface area contributed by atoms with Gasteiger partial charge in [0.25, 0.3) is 0 Å². The van der Waals surface area contributed by atoms with Crippen LogP contribution < -0.4 is 10.1 Å². The van der Waals surface area contributed by atoms with Crippen molar-refractivity contribution in [3.63, 3.8) is 0 Å². The Labute approximate surface area is 160 Å². The lowest BCUT2D eigenvalue weighted by atomic mass is 10.1. The first-order valence-corrected chi connectivity index (χ1v) is 9.50. The van der Waals surface area contributed by atoms with Gasteiger partial charge in [0.2, 0.25) is 0 Å². The zero-order valence-electron chi connectivity index (χ0n) is 14.9. The number of hydrogen-bond acceptors (Lipinski definition) is 5. The molecule has 4 rings (SSSR count). The van der Waals surface area contributed by atoms with Crippen molar-refractivity contribution in [1.29, 1.82) is 0 Å². The molecule has 6 heteroatoms. The van der Waals surface area contributed by atoms with Crippen LogP contribution in [0.2, 0.25) is 0 Å². The fourth-order valence-electron chi connectivity index (χ4n) is 2.87. The third kappa shape index (κ3) is 3.61. The Hall–Kier alpha value is -2.99. The van der Waals surface area contributed by atoms with Crippen molar-refractivity contribution in [1.82, 2.24) is 9.97 Å². The molecular formula is C21H18FN3OS. The number of fused-ring (bicyclic) bond motifs is 1. The van der Waals surface area contributed by atoms with E-state index >= 15 is 0 Å². The van der Waals surface area contributed by atoms with Gasteiger partial charge in [-0.25, -0.2) is 14.4 Å². The predicted molar refractivity (Wildman–Crippen MR) is 108 cm³/mol. The Bertz CT molecular complexity index is 1080. The molecule has 136 valence electrons. The molecule has 0 bridgehead atoms. The highest BCUT2D eigenvalue weighted by Gasteiger charge is 2.15. The van der Waals surface area contributed by atoms with Gasteiger partial charge >= 0.3 is 0 Å². The van der Waals surface area contributed by atoms with E-state index in [-0.39, 0.29) is 11.9 Å². The van der Waals surface area contributed by atoms with E-state index < -0.39 is 0 Å². The lowest BCUT2D eigenvalue weighted by Crippen LogP contribution is -2.07. The number of ether oxygens (including phenoxy) is 1. The van der Waals surface area contributed by atoms with Crippen LogP contribution in [-0.2, 0) is 0 Å². The van der Waals surface area contributed by atoms with E-state index in [1.807, 2.05) is 43.5 Å². The summed E-state index contributed by atoms with van der Waals surface area (Å²) in [6.07, 6.45) is 1.61. The van der Waals surface area contributed by atoms with Gasteiger partial charge in [0.15, 0.2) is 0 Å². The number of nitrogens with zero attached hydrogens (tertiary/aromatic N) is 2. The maximum Gasteiger partial charge on any atom is 0.143 e. The molecular weight excluding hydrogens is 361 g/mol. The van der Waals surface area contributed by atoms with Crippen molar-refractivity contribution in [2.75, 3.05) is 5.32 Å². The number of halogens is 1. The van der Waals surface area contributed by atoms with E-state index in [0.717, 1.165) is 32.8 Å². The van der Waals surface area contributed by atoms with Crippen molar-refractivity contribution in [3.8, 4) is 16.9 Å². The first kappa shape index (κ1) is 17.4. The minimum Gasteiger partial charge on any atom is -0.489 e. The summed E-state index contributed by atoms with van der Waals surface area (Å²) in [4.78, 5) is 9.70. The Kier molecular flexibility index (Phi) is 4.73. The molecule has 0 spiro atoms. The number of benzene rings is 2. The molecule has 27 heavy (non-hydrogen) atoms.